The first kappa shape index (κ1) is 15.1. The average molecular weight is 284 g/mol. The molecule has 0 aromatic heterocycles. The molecule has 2 rings (SSSR count). The molecule has 5 nitrogen and oxygen atoms in total. The minimum atomic E-state index is 0.0175. The van der Waals surface area contributed by atoms with E-state index in [1.54, 1.807) is 6.08 Å². The van der Waals surface area contributed by atoms with E-state index in [2.05, 4.69) is 36.1 Å². The maximum absolute atomic E-state index is 7.80. The number of likely N-dealkylation sites (N-methyl/N-ethyl adjacent to an activating group) is 1. The van der Waals surface area contributed by atoms with Crippen LogP contribution in [-0.4, -0.2) is 50.0 Å². The molecule has 5 heteroatoms. The smallest absolute Gasteiger partial charge is 0.241 e. The molecule has 0 saturated carbocycles. The molecule has 2 N–H and O–H groups in total. The molecule has 0 radical (unpaired) electrons. The van der Waals surface area contributed by atoms with E-state index in [0.717, 1.165) is 18.5 Å². The Bertz CT molecular complexity index is 612. The molecule has 0 unspecified atom stereocenters. The van der Waals surface area contributed by atoms with Gasteiger partial charge in [0.15, 0.2) is 0 Å². The zero-order valence-corrected chi connectivity index (χ0v) is 12.6. The number of nitrogens with zero attached hydrogens (tertiary/aromatic N) is 2. The standard InChI is InChI=1S/C16H20N4O/c1-20(2)9-8-11-4-6-12(7-5-11)14-10-13(17)15(18)16(19-14)21-3/h4-7,10,17-18H,8-9H2,1-3H3. The van der Waals surface area contributed by atoms with E-state index >= 15 is 0 Å². The second-order valence-corrected chi connectivity index (χ2v) is 5.19. The molecule has 0 atom stereocenters. The molecule has 1 heterocycles. The second kappa shape index (κ2) is 6.45. The third-order valence-corrected chi connectivity index (χ3v) is 3.28. The lowest BCUT2D eigenvalue weighted by atomic mass is 10.0. The zero-order valence-electron chi connectivity index (χ0n) is 12.6. The van der Waals surface area contributed by atoms with E-state index in [9.17, 15) is 0 Å². The first-order valence-corrected chi connectivity index (χ1v) is 6.77. The van der Waals surface area contributed by atoms with Crippen molar-refractivity contribution in [3.8, 4) is 0 Å². The fourth-order valence-corrected chi connectivity index (χ4v) is 2.01. The van der Waals surface area contributed by atoms with Gasteiger partial charge < -0.3 is 9.64 Å². The fourth-order valence-electron chi connectivity index (χ4n) is 2.01. The summed E-state index contributed by atoms with van der Waals surface area (Å²) >= 11 is 0. The van der Waals surface area contributed by atoms with Crippen molar-refractivity contribution in [2.45, 2.75) is 6.42 Å². The predicted octanol–water partition coefficient (Wildman–Crippen LogP) is 2.23. The van der Waals surface area contributed by atoms with Crippen LogP contribution in [0.3, 0.4) is 0 Å². The van der Waals surface area contributed by atoms with Crippen LogP contribution in [0.1, 0.15) is 11.1 Å². The molecule has 1 aromatic carbocycles. The van der Waals surface area contributed by atoms with E-state index in [1.165, 1.54) is 12.7 Å². The SMILES string of the molecule is COC1=NC(c2ccc(CCN(C)C)cc2)=CC(=N)C1=N. The summed E-state index contributed by atoms with van der Waals surface area (Å²) in [5, 5.41) is 15.5. The molecular formula is C16H20N4O. The van der Waals surface area contributed by atoms with Crippen LogP contribution in [0, 0.1) is 10.8 Å². The summed E-state index contributed by atoms with van der Waals surface area (Å²) in [5.74, 6) is 0.189. The van der Waals surface area contributed by atoms with Crippen LogP contribution in [0.15, 0.2) is 35.3 Å². The van der Waals surface area contributed by atoms with E-state index in [-0.39, 0.29) is 17.3 Å². The molecule has 110 valence electrons. The highest BCUT2D eigenvalue weighted by Gasteiger charge is 2.19. The maximum Gasteiger partial charge on any atom is 0.241 e. The third kappa shape index (κ3) is 3.64. The van der Waals surface area contributed by atoms with Gasteiger partial charge in [-0.15, -0.1) is 0 Å². The van der Waals surface area contributed by atoms with Crippen molar-refractivity contribution >= 4 is 23.0 Å². The summed E-state index contributed by atoms with van der Waals surface area (Å²) in [6.07, 6.45) is 2.60. The van der Waals surface area contributed by atoms with Gasteiger partial charge in [-0.25, -0.2) is 4.99 Å². The van der Waals surface area contributed by atoms with Crippen LogP contribution < -0.4 is 0 Å². The largest absolute Gasteiger partial charge is 0.479 e. The highest BCUT2D eigenvalue weighted by molar-refractivity contribution is 6.69. The molecule has 21 heavy (non-hydrogen) atoms. The lowest BCUT2D eigenvalue weighted by Gasteiger charge is -2.14. The molecular weight excluding hydrogens is 264 g/mol. The Balaban J connectivity index is 2.19. The van der Waals surface area contributed by atoms with Crippen molar-refractivity contribution in [3.63, 3.8) is 0 Å². The number of benzene rings is 1. The van der Waals surface area contributed by atoms with Crippen LogP contribution in [0.2, 0.25) is 0 Å². The Kier molecular flexibility index (Phi) is 4.65. The van der Waals surface area contributed by atoms with Gasteiger partial charge in [0.25, 0.3) is 0 Å². The molecule has 1 aromatic rings. The van der Waals surface area contributed by atoms with Gasteiger partial charge in [0, 0.05) is 12.1 Å². The Morgan fingerprint density at radius 2 is 1.81 bits per heavy atom. The quantitative estimate of drug-likeness (QED) is 0.890. The minimum absolute atomic E-state index is 0.0175. The zero-order chi connectivity index (χ0) is 15.4. The van der Waals surface area contributed by atoms with Crippen LogP contribution in [0.4, 0.5) is 0 Å². The van der Waals surface area contributed by atoms with Crippen molar-refractivity contribution in [2.75, 3.05) is 27.7 Å². The van der Waals surface area contributed by atoms with Gasteiger partial charge in [-0.05, 0) is 32.2 Å². The number of aliphatic imine (C=N–C) groups is 1. The summed E-state index contributed by atoms with van der Waals surface area (Å²) in [5.41, 5.74) is 2.99. The van der Waals surface area contributed by atoms with Gasteiger partial charge >= 0.3 is 0 Å². The Hall–Kier alpha value is -2.27. The van der Waals surface area contributed by atoms with Crippen molar-refractivity contribution in [1.29, 1.82) is 10.8 Å². The fraction of sp³-hybridized carbons (Fsp3) is 0.312. The Morgan fingerprint density at radius 3 is 2.38 bits per heavy atom. The number of hydrogen-bond donors (Lipinski definition) is 2. The summed E-state index contributed by atoms with van der Waals surface area (Å²) in [6.45, 7) is 1.01. The summed E-state index contributed by atoms with van der Waals surface area (Å²) in [6, 6.07) is 8.14. The molecule has 0 aliphatic carbocycles. The van der Waals surface area contributed by atoms with Crippen molar-refractivity contribution in [3.05, 3.63) is 41.5 Å². The van der Waals surface area contributed by atoms with Gasteiger partial charge in [-0.2, -0.15) is 0 Å². The molecule has 0 spiro atoms. The third-order valence-electron chi connectivity index (χ3n) is 3.28. The van der Waals surface area contributed by atoms with Gasteiger partial charge in [0.05, 0.1) is 18.5 Å². The molecule has 1 aliphatic heterocycles. The number of methoxy groups -OCH3 is 1. The molecule has 0 saturated heterocycles. The van der Waals surface area contributed by atoms with E-state index in [0.29, 0.717) is 5.70 Å². The highest BCUT2D eigenvalue weighted by atomic mass is 16.5. The van der Waals surface area contributed by atoms with E-state index in [1.807, 2.05) is 12.1 Å². The predicted molar refractivity (Wildman–Crippen MR) is 86.6 cm³/mol. The monoisotopic (exact) mass is 284 g/mol. The first-order valence-electron chi connectivity index (χ1n) is 6.77. The van der Waals surface area contributed by atoms with Gasteiger partial charge in [0.2, 0.25) is 5.90 Å². The van der Waals surface area contributed by atoms with Crippen LogP contribution in [0.25, 0.3) is 5.70 Å². The van der Waals surface area contributed by atoms with Crippen LogP contribution >= 0.6 is 0 Å². The number of rotatable bonds is 4. The normalized spacial score (nSPS) is 15.0. The van der Waals surface area contributed by atoms with E-state index in [4.69, 9.17) is 15.6 Å². The minimum Gasteiger partial charge on any atom is -0.479 e. The van der Waals surface area contributed by atoms with Crippen molar-refractivity contribution in [2.24, 2.45) is 4.99 Å². The maximum atomic E-state index is 7.80. The highest BCUT2D eigenvalue weighted by Crippen LogP contribution is 2.20. The summed E-state index contributed by atoms with van der Waals surface area (Å²) in [7, 11) is 5.58. The Labute approximate surface area is 125 Å². The first-order chi connectivity index (χ1) is 10.0. The summed E-state index contributed by atoms with van der Waals surface area (Å²) < 4.78 is 5.05. The molecule has 0 amide bonds. The van der Waals surface area contributed by atoms with Crippen molar-refractivity contribution < 1.29 is 4.74 Å². The number of nitrogens with one attached hydrogen (secondary N) is 2. The van der Waals surface area contributed by atoms with Gasteiger partial charge in [0.1, 0.15) is 5.71 Å². The van der Waals surface area contributed by atoms with Gasteiger partial charge in [-0.1, -0.05) is 24.3 Å². The lowest BCUT2D eigenvalue weighted by Crippen LogP contribution is -2.26. The topological polar surface area (TPSA) is 72.5 Å². The Morgan fingerprint density at radius 1 is 1.14 bits per heavy atom. The molecule has 0 bridgehead atoms. The lowest BCUT2D eigenvalue weighted by molar-refractivity contribution is 0.411. The molecule has 0 fully saturated rings. The number of allylic oxidation sites excluding steroid dienone is 1. The van der Waals surface area contributed by atoms with Crippen molar-refractivity contribution in [1.82, 2.24) is 4.90 Å². The molecule has 1 aliphatic rings. The number of hydrogen-bond acceptors (Lipinski definition) is 5. The van der Waals surface area contributed by atoms with Crippen LogP contribution in [-0.2, 0) is 11.2 Å². The summed E-state index contributed by atoms with van der Waals surface area (Å²) in [4.78, 5) is 6.44. The van der Waals surface area contributed by atoms with E-state index < -0.39 is 0 Å². The average Bonchev–Trinajstić information content (AvgIpc) is 2.48. The second-order valence-electron chi connectivity index (χ2n) is 5.19. The van der Waals surface area contributed by atoms with Crippen LogP contribution in [0.5, 0.6) is 0 Å². The number of ether oxygens (including phenoxy) is 1. The van der Waals surface area contributed by atoms with Gasteiger partial charge in [-0.3, -0.25) is 10.8 Å².